The van der Waals surface area contributed by atoms with Gasteiger partial charge < -0.3 is 13.9 Å². The molecule has 8 heteroatoms. The number of amides is 1. The molecule has 1 heterocycles. The second kappa shape index (κ2) is 7.35. The number of carbonyl (C=O) groups excluding carboxylic acids is 1. The molecule has 1 aromatic heterocycles. The Labute approximate surface area is 152 Å². The van der Waals surface area contributed by atoms with Gasteiger partial charge in [0.25, 0.3) is 11.8 Å². The third-order valence-electron chi connectivity index (χ3n) is 3.39. The first-order valence-electron chi connectivity index (χ1n) is 7.23. The summed E-state index contributed by atoms with van der Waals surface area (Å²) in [7, 11) is 3.10. The summed E-state index contributed by atoms with van der Waals surface area (Å²) in [5, 5.41) is 10.4. The lowest BCUT2D eigenvalue weighted by molar-refractivity contribution is 0.102. The van der Waals surface area contributed by atoms with Gasteiger partial charge in [-0.3, -0.25) is 10.1 Å². The van der Waals surface area contributed by atoms with Gasteiger partial charge in [0.2, 0.25) is 0 Å². The smallest absolute Gasteiger partial charge is 0.322 e. The Kier molecular flexibility index (Phi) is 4.99. The molecule has 0 aliphatic heterocycles. The zero-order valence-electron chi connectivity index (χ0n) is 13.4. The highest BCUT2D eigenvalue weighted by Gasteiger charge is 2.16. The minimum absolute atomic E-state index is 0.000731. The highest BCUT2D eigenvalue weighted by Crippen LogP contribution is 2.33. The first kappa shape index (κ1) is 17.0. The average molecular weight is 404 g/mol. The van der Waals surface area contributed by atoms with E-state index in [9.17, 15) is 4.79 Å². The molecule has 0 atom stereocenters. The molecule has 0 fully saturated rings. The summed E-state index contributed by atoms with van der Waals surface area (Å²) in [5.74, 6) is 1.05. The largest absolute Gasteiger partial charge is 0.497 e. The van der Waals surface area contributed by atoms with Gasteiger partial charge in [0.15, 0.2) is 0 Å². The molecule has 1 amide bonds. The number of hydrogen-bond donors (Lipinski definition) is 1. The maximum atomic E-state index is 12.2. The van der Waals surface area contributed by atoms with Gasteiger partial charge in [-0.2, -0.15) is 0 Å². The van der Waals surface area contributed by atoms with E-state index in [1.54, 1.807) is 49.6 Å². The third kappa shape index (κ3) is 3.80. The highest BCUT2D eigenvalue weighted by atomic mass is 79.9. The van der Waals surface area contributed by atoms with E-state index in [0.717, 1.165) is 4.47 Å². The maximum absolute atomic E-state index is 12.2. The normalized spacial score (nSPS) is 10.4. The SMILES string of the molecule is COc1ccc(-c2nnc(NC(=O)c3ccc(Br)cc3)o2)c(OC)c1. The zero-order chi connectivity index (χ0) is 17.8. The van der Waals surface area contributed by atoms with Gasteiger partial charge in [0.05, 0.1) is 19.8 Å². The summed E-state index contributed by atoms with van der Waals surface area (Å²) in [6, 6.07) is 12.1. The fourth-order valence-corrected chi connectivity index (χ4v) is 2.39. The summed E-state index contributed by atoms with van der Waals surface area (Å²) >= 11 is 3.32. The fourth-order valence-electron chi connectivity index (χ4n) is 2.13. The van der Waals surface area contributed by atoms with Gasteiger partial charge in [-0.15, -0.1) is 5.10 Å². The number of aromatic nitrogens is 2. The van der Waals surface area contributed by atoms with Crippen molar-refractivity contribution in [2.75, 3.05) is 19.5 Å². The van der Waals surface area contributed by atoms with Crippen LogP contribution in [0.25, 0.3) is 11.5 Å². The van der Waals surface area contributed by atoms with E-state index >= 15 is 0 Å². The molecule has 128 valence electrons. The second-order valence-corrected chi connectivity index (χ2v) is 5.86. The van der Waals surface area contributed by atoms with Gasteiger partial charge in [-0.25, -0.2) is 0 Å². The molecule has 7 nitrogen and oxygen atoms in total. The minimum Gasteiger partial charge on any atom is -0.497 e. The molecule has 0 unspecified atom stereocenters. The quantitative estimate of drug-likeness (QED) is 0.697. The summed E-state index contributed by atoms with van der Waals surface area (Å²) in [5.41, 5.74) is 1.07. The van der Waals surface area contributed by atoms with Crippen LogP contribution in [0.3, 0.4) is 0 Å². The lowest BCUT2D eigenvalue weighted by Crippen LogP contribution is -2.11. The van der Waals surface area contributed by atoms with E-state index in [1.165, 1.54) is 7.11 Å². The predicted molar refractivity (Wildman–Crippen MR) is 94.9 cm³/mol. The Hall–Kier alpha value is -2.87. The molecule has 25 heavy (non-hydrogen) atoms. The van der Waals surface area contributed by atoms with Crippen molar-refractivity contribution in [3.05, 3.63) is 52.5 Å². The molecule has 1 N–H and O–H groups in total. The standard InChI is InChI=1S/C17H14BrN3O4/c1-23-12-7-8-13(14(9-12)24-2)16-20-21-17(25-16)19-15(22)10-3-5-11(18)6-4-10/h3-9H,1-2H3,(H,19,21,22). The molecule has 0 radical (unpaired) electrons. The van der Waals surface area contributed by atoms with E-state index in [2.05, 4.69) is 31.4 Å². The van der Waals surface area contributed by atoms with E-state index < -0.39 is 0 Å². The van der Waals surface area contributed by atoms with Gasteiger partial charge in [-0.05, 0) is 36.4 Å². The molecule has 3 aromatic rings. The van der Waals surface area contributed by atoms with Crippen LogP contribution in [0.2, 0.25) is 0 Å². The van der Waals surface area contributed by atoms with Crippen LogP contribution in [0.5, 0.6) is 11.5 Å². The Morgan fingerprint density at radius 2 is 1.84 bits per heavy atom. The van der Waals surface area contributed by atoms with Gasteiger partial charge in [-0.1, -0.05) is 21.0 Å². The van der Waals surface area contributed by atoms with E-state index in [-0.39, 0.29) is 17.8 Å². The molecule has 0 bridgehead atoms. The number of halogens is 1. The van der Waals surface area contributed by atoms with Crippen LogP contribution in [0.15, 0.2) is 51.4 Å². The number of benzene rings is 2. The summed E-state index contributed by atoms with van der Waals surface area (Å²) in [6.07, 6.45) is 0. The van der Waals surface area contributed by atoms with Crippen molar-refractivity contribution < 1.29 is 18.7 Å². The number of hydrogen-bond acceptors (Lipinski definition) is 6. The predicted octanol–water partition coefficient (Wildman–Crippen LogP) is 3.77. The number of rotatable bonds is 5. The Morgan fingerprint density at radius 1 is 1.08 bits per heavy atom. The van der Waals surface area contributed by atoms with Gasteiger partial charge in [0.1, 0.15) is 11.5 Å². The maximum Gasteiger partial charge on any atom is 0.322 e. The number of anilines is 1. The lowest BCUT2D eigenvalue weighted by atomic mass is 10.2. The molecule has 0 saturated heterocycles. The van der Waals surface area contributed by atoms with Crippen molar-refractivity contribution >= 4 is 27.9 Å². The zero-order valence-corrected chi connectivity index (χ0v) is 15.0. The third-order valence-corrected chi connectivity index (χ3v) is 3.92. The van der Waals surface area contributed by atoms with Crippen molar-refractivity contribution in [1.29, 1.82) is 0 Å². The van der Waals surface area contributed by atoms with E-state index in [0.29, 0.717) is 22.6 Å². The van der Waals surface area contributed by atoms with Crippen LogP contribution in [-0.4, -0.2) is 30.3 Å². The monoisotopic (exact) mass is 403 g/mol. The Bertz CT molecular complexity index is 893. The number of nitrogens with zero attached hydrogens (tertiary/aromatic N) is 2. The number of ether oxygens (including phenoxy) is 2. The van der Waals surface area contributed by atoms with Crippen LogP contribution in [0, 0.1) is 0 Å². The molecule has 3 rings (SSSR count). The minimum atomic E-state index is -0.343. The molecule has 2 aromatic carbocycles. The fraction of sp³-hybridized carbons (Fsp3) is 0.118. The van der Waals surface area contributed by atoms with Crippen molar-refractivity contribution in [3.8, 4) is 23.0 Å². The topological polar surface area (TPSA) is 86.5 Å². The average Bonchev–Trinajstić information content (AvgIpc) is 3.09. The van der Waals surface area contributed by atoms with Crippen LogP contribution in [0.1, 0.15) is 10.4 Å². The van der Waals surface area contributed by atoms with Crippen molar-refractivity contribution in [1.82, 2.24) is 10.2 Å². The van der Waals surface area contributed by atoms with E-state index in [1.807, 2.05) is 0 Å². The molecule has 0 aliphatic carbocycles. The van der Waals surface area contributed by atoms with Crippen molar-refractivity contribution in [2.45, 2.75) is 0 Å². The summed E-state index contributed by atoms with van der Waals surface area (Å²) < 4.78 is 16.9. The second-order valence-electron chi connectivity index (χ2n) is 4.94. The van der Waals surface area contributed by atoms with Crippen molar-refractivity contribution in [2.24, 2.45) is 0 Å². The van der Waals surface area contributed by atoms with Crippen LogP contribution < -0.4 is 14.8 Å². The van der Waals surface area contributed by atoms with E-state index in [4.69, 9.17) is 13.9 Å². The first-order chi connectivity index (χ1) is 12.1. The lowest BCUT2D eigenvalue weighted by Gasteiger charge is -2.07. The first-order valence-corrected chi connectivity index (χ1v) is 8.03. The van der Waals surface area contributed by atoms with Crippen LogP contribution >= 0.6 is 15.9 Å². The van der Waals surface area contributed by atoms with Gasteiger partial charge >= 0.3 is 6.01 Å². The van der Waals surface area contributed by atoms with Gasteiger partial charge in [0, 0.05) is 16.1 Å². The van der Waals surface area contributed by atoms with Crippen LogP contribution in [-0.2, 0) is 0 Å². The summed E-state index contributed by atoms with van der Waals surface area (Å²) in [4.78, 5) is 12.2. The van der Waals surface area contributed by atoms with Crippen LogP contribution in [0.4, 0.5) is 6.01 Å². The molecule has 0 aliphatic rings. The Morgan fingerprint density at radius 3 is 2.52 bits per heavy atom. The summed E-state index contributed by atoms with van der Waals surface area (Å²) in [6.45, 7) is 0. The molecular weight excluding hydrogens is 390 g/mol. The highest BCUT2D eigenvalue weighted by molar-refractivity contribution is 9.10. The number of nitrogens with one attached hydrogen (secondary N) is 1. The number of carbonyl (C=O) groups is 1. The van der Waals surface area contributed by atoms with Crippen molar-refractivity contribution in [3.63, 3.8) is 0 Å². The number of methoxy groups -OCH3 is 2. The molecular formula is C17H14BrN3O4. The molecule has 0 spiro atoms. The molecule has 0 saturated carbocycles. The Balaban J connectivity index is 1.81.